The number of sulfonamides is 1. The van der Waals surface area contributed by atoms with Gasteiger partial charge in [0.25, 0.3) is 10.0 Å². The van der Waals surface area contributed by atoms with Crippen molar-refractivity contribution in [1.29, 1.82) is 0 Å². The lowest BCUT2D eigenvalue weighted by Crippen LogP contribution is -2.14. The highest BCUT2D eigenvalue weighted by Gasteiger charge is 2.17. The summed E-state index contributed by atoms with van der Waals surface area (Å²) in [5, 5.41) is 2.76. The Hall–Kier alpha value is -2.21. The second-order valence-corrected chi connectivity index (χ2v) is 6.17. The molecule has 0 aromatic heterocycles. The Morgan fingerprint density at radius 2 is 1.80 bits per heavy atom. The van der Waals surface area contributed by atoms with Crippen LogP contribution in [0.5, 0.6) is 0 Å². The van der Waals surface area contributed by atoms with Crippen molar-refractivity contribution in [2.45, 2.75) is 18.7 Å². The van der Waals surface area contributed by atoms with Crippen molar-refractivity contribution >= 4 is 21.4 Å². The molecular formula is C14H14N2O3S. The molecule has 0 saturated heterocycles. The zero-order valence-electron chi connectivity index (χ0n) is 11.1. The average Bonchev–Trinajstić information content (AvgIpc) is 2.38. The highest BCUT2D eigenvalue weighted by atomic mass is 32.2. The van der Waals surface area contributed by atoms with E-state index in [-0.39, 0.29) is 10.6 Å². The maximum absolute atomic E-state index is 12.3. The first kappa shape index (κ1) is 14.2. The normalized spacial score (nSPS) is 11.1. The smallest absolute Gasteiger partial charge is 0.262 e. The number of rotatable bonds is 4. The van der Waals surface area contributed by atoms with E-state index < -0.39 is 10.0 Å². The summed E-state index contributed by atoms with van der Waals surface area (Å²) >= 11 is 0. The van der Waals surface area contributed by atoms with Crippen LogP contribution >= 0.6 is 0 Å². The number of nitrogens with one attached hydrogen (secondary N) is 1. The molecule has 0 aliphatic heterocycles. The zero-order chi connectivity index (χ0) is 14.8. The van der Waals surface area contributed by atoms with E-state index in [1.807, 2.05) is 13.0 Å². The number of aryl methyl sites for hydroxylation is 2. The largest absolute Gasteiger partial charge is 0.280 e. The summed E-state index contributed by atoms with van der Waals surface area (Å²) in [5.41, 5.74) is 2.07. The van der Waals surface area contributed by atoms with Crippen LogP contribution < -0.4 is 4.72 Å². The summed E-state index contributed by atoms with van der Waals surface area (Å²) in [7, 11) is -3.74. The van der Waals surface area contributed by atoms with Crippen molar-refractivity contribution in [2.75, 3.05) is 4.72 Å². The first-order chi connectivity index (χ1) is 9.42. The van der Waals surface area contributed by atoms with Gasteiger partial charge in [-0.25, -0.2) is 8.42 Å². The van der Waals surface area contributed by atoms with Gasteiger partial charge >= 0.3 is 0 Å². The lowest BCUT2D eigenvalue weighted by atomic mass is 10.2. The minimum atomic E-state index is -3.74. The first-order valence-electron chi connectivity index (χ1n) is 5.96. The molecule has 0 spiro atoms. The third-order valence-electron chi connectivity index (χ3n) is 2.84. The first-order valence-corrected chi connectivity index (χ1v) is 7.44. The van der Waals surface area contributed by atoms with E-state index in [0.29, 0.717) is 11.3 Å². The van der Waals surface area contributed by atoms with Crippen LogP contribution in [0, 0.1) is 18.8 Å². The van der Waals surface area contributed by atoms with Crippen LogP contribution in [-0.4, -0.2) is 8.42 Å². The molecule has 2 aromatic rings. The molecule has 0 atom stereocenters. The molecule has 0 unspecified atom stereocenters. The Bertz CT molecular complexity index is 755. The van der Waals surface area contributed by atoms with E-state index in [1.165, 1.54) is 12.1 Å². The Balaban J connectivity index is 2.42. The molecule has 0 amide bonds. The molecule has 0 bridgehead atoms. The van der Waals surface area contributed by atoms with E-state index in [0.717, 1.165) is 5.56 Å². The fraction of sp³-hybridized carbons (Fsp3) is 0.143. The van der Waals surface area contributed by atoms with Crippen LogP contribution in [0.25, 0.3) is 0 Å². The molecule has 0 saturated carbocycles. The van der Waals surface area contributed by atoms with Crippen molar-refractivity contribution in [3.63, 3.8) is 0 Å². The van der Waals surface area contributed by atoms with Gasteiger partial charge in [-0.3, -0.25) is 4.72 Å². The summed E-state index contributed by atoms with van der Waals surface area (Å²) < 4.78 is 27.2. The number of nitrogens with zero attached hydrogens (tertiary/aromatic N) is 1. The van der Waals surface area contributed by atoms with E-state index in [4.69, 9.17) is 0 Å². The number of nitroso groups, excluding NO2 is 1. The Labute approximate surface area is 117 Å². The minimum Gasteiger partial charge on any atom is -0.280 e. The Kier molecular flexibility index (Phi) is 3.85. The van der Waals surface area contributed by atoms with Crippen molar-refractivity contribution in [3.8, 4) is 0 Å². The Morgan fingerprint density at radius 1 is 1.05 bits per heavy atom. The lowest BCUT2D eigenvalue weighted by molar-refractivity contribution is 0.600. The molecule has 2 rings (SSSR count). The minimum absolute atomic E-state index is 0.0520. The fourth-order valence-electron chi connectivity index (χ4n) is 1.85. The highest BCUT2D eigenvalue weighted by Crippen LogP contribution is 2.24. The number of anilines is 1. The van der Waals surface area contributed by atoms with Crippen molar-refractivity contribution in [1.82, 2.24) is 0 Å². The predicted octanol–water partition coefficient (Wildman–Crippen LogP) is 3.50. The predicted molar refractivity (Wildman–Crippen MR) is 78.6 cm³/mol. The van der Waals surface area contributed by atoms with Gasteiger partial charge in [0.05, 0.1) is 4.90 Å². The van der Waals surface area contributed by atoms with Gasteiger partial charge in [0.15, 0.2) is 0 Å². The van der Waals surface area contributed by atoms with Gasteiger partial charge in [0, 0.05) is 5.69 Å². The molecule has 5 nitrogen and oxygen atoms in total. The molecule has 2 aromatic carbocycles. The summed E-state index contributed by atoms with van der Waals surface area (Å²) in [6.45, 7) is 3.54. The third-order valence-corrected chi connectivity index (χ3v) is 4.36. The van der Waals surface area contributed by atoms with Crippen LogP contribution in [0.3, 0.4) is 0 Å². The molecule has 0 heterocycles. The molecule has 0 aliphatic carbocycles. The molecule has 6 heteroatoms. The fourth-order valence-corrected chi connectivity index (χ4v) is 3.17. The number of benzene rings is 2. The second kappa shape index (κ2) is 5.42. The number of hydrogen-bond acceptors (Lipinski definition) is 4. The van der Waals surface area contributed by atoms with E-state index in [1.54, 1.807) is 31.2 Å². The topological polar surface area (TPSA) is 75.6 Å². The average molecular weight is 290 g/mol. The second-order valence-electron chi connectivity index (χ2n) is 4.52. The van der Waals surface area contributed by atoms with Crippen LogP contribution in [0.1, 0.15) is 11.1 Å². The van der Waals surface area contributed by atoms with Gasteiger partial charge in [-0.15, -0.1) is 4.91 Å². The maximum Gasteiger partial charge on any atom is 0.262 e. The van der Waals surface area contributed by atoms with Crippen molar-refractivity contribution in [3.05, 3.63) is 58.5 Å². The van der Waals surface area contributed by atoms with Gasteiger partial charge in [-0.05, 0) is 54.4 Å². The van der Waals surface area contributed by atoms with Crippen molar-refractivity contribution < 1.29 is 8.42 Å². The molecule has 104 valence electrons. The van der Waals surface area contributed by atoms with Crippen molar-refractivity contribution in [2.24, 2.45) is 5.18 Å². The summed E-state index contributed by atoms with van der Waals surface area (Å²) in [6.07, 6.45) is 0. The third kappa shape index (κ3) is 3.03. The molecule has 20 heavy (non-hydrogen) atoms. The molecule has 1 N–H and O–H groups in total. The number of hydrogen-bond donors (Lipinski definition) is 1. The van der Waals surface area contributed by atoms with Gasteiger partial charge in [0.1, 0.15) is 5.69 Å². The summed E-state index contributed by atoms with van der Waals surface area (Å²) in [5.74, 6) is 0. The zero-order valence-corrected chi connectivity index (χ0v) is 11.9. The quantitative estimate of drug-likeness (QED) is 0.875. The Morgan fingerprint density at radius 3 is 2.45 bits per heavy atom. The maximum atomic E-state index is 12.3. The monoisotopic (exact) mass is 290 g/mol. The van der Waals surface area contributed by atoms with E-state index in [9.17, 15) is 13.3 Å². The van der Waals surface area contributed by atoms with Gasteiger partial charge in [0.2, 0.25) is 0 Å². The summed E-state index contributed by atoms with van der Waals surface area (Å²) in [4.78, 5) is 10.6. The summed E-state index contributed by atoms with van der Waals surface area (Å²) in [6, 6.07) is 11.3. The van der Waals surface area contributed by atoms with E-state index in [2.05, 4.69) is 9.90 Å². The highest BCUT2D eigenvalue weighted by molar-refractivity contribution is 7.92. The SMILES string of the molecule is Cc1cccc(NS(=O)(=O)c2cc(N=O)ccc2C)c1. The van der Waals surface area contributed by atoms with Gasteiger partial charge in [-0.2, -0.15) is 0 Å². The van der Waals surface area contributed by atoms with Gasteiger partial charge in [-0.1, -0.05) is 18.2 Å². The standard InChI is InChI=1S/C14H14N2O3S/c1-10-4-3-5-13(8-10)16-20(18,19)14-9-12(15-17)7-6-11(14)2/h3-9,16H,1-2H3. The van der Waals surface area contributed by atoms with Crippen LogP contribution in [0.4, 0.5) is 11.4 Å². The molecule has 0 fully saturated rings. The lowest BCUT2D eigenvalue weighted by Gasteiger charge is -2.11. The molecule has 0 aliphatic rings. The van der Waals surface area contributed by atoms with E-state index >= 15 is 0 Å². The van der Waals surface area contributed by atoms with Crippen LogP contribution in [0.15, 0.2) is 52.5 Å². The van der Waals surface area contributed by atoms with Crippen LogP contribution in [-0.2, 0) is 10.0 Å². The van der Waals surface area contributed by atoms with Gasteiger partial charge < -0.3 is 0 Å². The molecule has 0 radical (unpaired) electrons. The van der Waals surface area contributed by atoms with Crippen LogP contribution in [0.2, 0.25) is 0 Å². The molecular weight excluding hydrogens is 276 g/mol.